The number of nitrogens with two attached hydrogens (primary N) is 1. The van der Waals surface area contributed by atoms with Crippen LogP contribution in [0, 0.1) is 0 Å². The first kappa shape index (κ1) is 13.0. The van der Waals surface area contributed by atoms with Gasteiger partial charge >= 0.3 is 5.69 Å². The van der Waals surface area contributed by atoms with Gasteiger partial charge in [0.2, 0.25) is 0 Å². The standard InChI is InChI=1S/C12H19N3O3/c13-5-8-15-11(16)4-7-14(12(15)17)6-3-10-2-1-9-18-10/h4,7,10H,1-3,5-6,8-9,13H2. The first-order valence-corrected chi connectivity index (χ1v) is 6.34. The molecule has 100 valence electrons. The van der Waals surface area contributed by atoms with E-state index in [1.165, 1.54) is 10.6 Å². The fourth-order valence-electron chi connectivity index (χ4n) is 2.22. The third-order valence-electron chi connectivity index (χ3n) is 3.21. The highest BCUT2D eigenvalue weighted by atomic mass is 16.5. The number of rotatable bonds is 5. The molecule has 1 aliphatic heterocycles. The fraction of sp³-hybridized carbons (Fsp3) is 0.667. The molecule has 6 nitrogen and oxygen atoms in total. The lowest BCUT2D eigenvalue weighted by atomic mass is 10.2. The first-order chi connectivity index (χ1) is 8.72. The van der Waals surface area contributed by atoms with Crippen LogP contribution in [0.3, 0.4) is 0 Å². The van der Waals surface area contributed by atoms with Gasteiger partial charge in [-0.15, -0.1) is 0 Å². The van der Waals surface area contributed by atoms with Gasteiger partial charge in [-0.1, -0.05) is 0 Å². The molecule has 1 aromatic heterocycles. The van der Waals surface area contributed by atoms with Gasteiger partial charge in [0.25, 0.3) is 5.56 Å². The molecular weight excluding hydrogens is 234 g/mol. The van der Waals surface area contributed by atoms with Crippen molar-refractivity contribution in [3.05, 3.63) is 33.1 Å². The van der Waals surface area contributed by atoms with Crippen LogP contribution in [0.25, 0.3) is 0 Å². The predicted molar refractivity (Wildman–Crippen MR) is 67.6 cm³/mol. The molecule has 0 aromatic carbocycles. The maximum atomic E-state index is 12.0. The fourth-order valence-corrected chi connectivity index (χ4v) is 2.22. The Bertz CT molecular complexity index is 500. The second-order valence-corrected chi connectivity index (χ2v) is 4.49. The van der Waals surface area contributed by atoms with Crippen molar-refractivity contribution in [3.63, 3.8) is 0 Å². The van der Waals surface area contributed by atoms with Crippen LogP contribution < -0.4 is 17.0 Å². The SMILES string of the molecule is NCCn1c(=O)ccn(CCC2CCCO2)c1=O. The Kier molecular flexibility index (Phi) is 4.33. The Morgan fingerprint density at radius 3 is 2.89 bits per heavy atom. The molecule has 1 aromatic rings. The van der Waals surface area contributed by atoms with Gasteiger partial charge in [-0.3, -0.25) is 9.36 Å². The van der Waals surface area contributed by atoms with E-state index in [9.17, 15) is 9.59 Å². The van der Waals surface area contributed by atoms with E-state index in [-0.39, 0.29) is 30.4 Å². The topological polar surface area (TPSA) is 79.2 Å². The van der Waals surface area contributed by atoms with E-state index in [0.717, 1.165) is 25.9 Å². The van der Waals surface area contributed by atoms with Crippen molar-refractivity contribution < 1.29 is 4.74 Å². The molecule has 18 heavy (non-hydrogen) atoms. The van der Waals surface area contributed by atoms with Gasteiger partial charge in [-0.2, -0.15) is 0 Å². The molecule has 1 unspecified atom stereocenters. The summed E-state index contributed by atoms with van der Waals surface area (Å²) in [6.45, 7) is 1.93. The van der Waals surface area contributed by atoms with Crippen LogP contribution in [-0.4, -0.2) is 28.4 Å². The lowest BCUT2D eigenvalue weighted by Crippen LogP contribution is -2.40. The molecule has 0 aliphatic carbocycles. The summed E-state index contributed by atoms with van der Waals surface area (Å²) in [5.74, 6) is 0. The van der Waals surface area contributed by atoms with Crippen molar-refractivity contribution >= 4 is 0 Å². The Hall–Kier alpha value is -1.40. The second-order valence-electron chi connectivity index (χ2n) is 4.49. The molecule has 1 saturated heterocycles. The molecule has 0 radical (unpaired) electrons. The summed E-state index contributed by atoms with van der Waals surface area (Å²) >= 11 is 0. The van der Waals surface area contributed by atoms with Crippen molar-refractivity contribution in [1.29, 1.82) is 0 Å². The second kappa shape index (κ2) is 5.97. The highest BCUT2D eigenvalue weighted by molar-refractivity contribution is 4.86. The molecule has 0 bridgehead atoms. The highest BCUT2D eigenvalue weighted by Gasteiger charge is 2.15. The molecule has 1 aliphatic rings. The van der Waals surface area contributed by atoms with E-state index in [2.05, 4.69) is 0 Å². The minimum absolute atomic E-state index is 0.242. The normalized spacial score (nSPS) is 19.3. The van der Waals surface area contributed by atoms with E-state index >= 15 is 0 Å². The van der Waals surface area contributed by atoms with E-state index < -0.39 is 0 Å². The average molecular weight is 253 g/mol. The lowest BCUT2D eigenvalue weighted by molar-refractivity contribution is 0.0998. The predicted octanol–water partition coefficient (Wildman–Crippen LogP) is -0.462. The van der Waals surface area contributed by atoms with Crippen LogP contribution in [0.1, 0.15) is 19.3 Å². The third-order valence-corrected chi connectivity index (χ3v) is 3.21. The van der Waals surface area contributed by atoms with Crippen LogP contribution in [-0.2, 0) is 17.8 Å². The van der Waals surface area contributed by atoms with Crippen LogP contribution in [0.5, 0.6) is 0 Å². The molecule has 1 fully saturated rings. The number of nitrogens with zero attached hydrogens (tertiary/aromatic N) is 2. The molecule has 0 amide bonds. The molecular formula is C12H19N3O3. The average Bonchev–Trinajstić information content (AvgIpc) is 2.86. The van der Waals surface area contributed by atoms with Crippen molar-refractivity contribution in [3.8, 4) is 0 Å². The van der Waals surface area contributed by atoms with Gasteiger partial charge in [0, 0.05) is 38.5 Å². The summed E-state index contributed by atoms with van der Waals surface area (Å²) < 4.78 is 8.24. The number of aromatic nitrogens is 2. The van der Waals surface area contributed by atoms with Crippen LogP contribution >= 0.6 is 0 Å². The number of hydrogen-bond acceptors (Lipinski definition) is 4. The zero-order chi connectivity index (χ0) is 13.0. The summed E-state index contributed by atoms with van der Waals surface area (Å²) in [5.41, 5.74) is 4.82. The van der Waals surface area contributed by atoms with Crippen molar-refractivity contribution in [1.82, 2.24) is 9.13 Å². The van der Waals surface area contributed by atoms with E-state index in [0.29, 0.717) is 6.54 Å². The minimum Gasteiger partial charge on any atom is -0.378 e. The highest BCUT2D eigenvalue weighted by Crippen LogP contribution is 2.15. The van der Waals surface area contributed by atoms with Gasteiger partial charge in [0.1, 0.15) is 0 Å². The van der Waals surface area contributed by atoms with Crippen LogP contribution in [0.4, 0.5) is 0 Å². The summed E-state index contributed by atoms with van der Waals surface area (Å²) in [6.07, 6.45) is 4.74. The van der Waals surface area contributed by atoms with Gasteiger partial charge in [-0.05, 0) is 19.3 Å². The van der Waals surface area contributed by atoms with E-state index in [4.69, 9.17) is 10.5 Å². The van der Waals surface area contributed by atoms with E-state index in [1.54, 1.807) is 10.8 Å². The first-order valence-electron chi connectivity index (χ1n) is 6.34. The molecule has 0 spiro atoms. The Labute approximate surface area is 105 Å². The Morgan fingerprint density at radius 1 is 1.39 bits per heavy atom. The Morgan fingerprint density at radius 2 is 2.22 bits per heavy atom. The zero-order valence-corrected chi connectivity index (χ0v) is 10.4. The smallest absolute Gasteiger partial charge is 0.331 e. The molecule has 2 rings (SSSR count). The molecule has 0 saturated carbocycles. The quantitative estimate of drug-likeness (QED) is 0.770. The summed E-state index contributed by atoms with van der Waals surface area (Å²) in [5, 5.41) is 0. The summed E-state index contributed by atoms with van der Waals surface area (Å²) in [7, 11) is 0. The summed E-state index contributed by atoms with van der Waals surface area (Å²) in [4.78, 5) is 23.5. The zero-order valence-electron chi connectivity index (χ0n) is 10.4. The summed E-state index contributed by atoms with van der Waals surface area (Å²) in [6, 6.07) is 1.41. The maximum Gasteiger partial charge on any atom is 0.331 e. The van der Waals surface area contributed by atoms with E-state index in [1.807, 2.05) is 0 Å². The largest absolute Gasteiger partial charge is 0.378 e. The van der Waals surface area contributed by atoms with Crippen LogP contribution in [0.15, 0.2) is 21.9 Å². The Balaban J connectivity index is 2.10. The maximum absolute atomic E-state index is 12.0. The van der Waals surface area contributed by atoms with Crippen molar-refractivity contribution in [2.75, 3.05) is 13.2 Å². The van der Waals surface area contributed by atoms with Gasteiger partial charge in [0.05, 0.1) is 6.10 Å². The number of hydrogen-bond donors (Lipinski definition) is 1. The molecule has 2 heterocycles. The molecule has 2 N–H and O–H groups in total. The third kappa shape index (κ3) is 2.88. The van der Waals surface area contributed by atoms with Gasteiger partial charge in [0.15, 0.2) is 0 Å². The van der Waals surface area contributed by atoms with Crippen molar-refractivity contribution in [2.45, 2.75) is 38.5 Å². The number of ether oxygens (including phenoxy) is 1. The number of aryl methyl sites for hydroxylation is 1. The monoisotopic (exact) mass is 253 g/mol. The van der Waals surface area contributed by atoms with Gasteiger partial charge < -0.3 is 15.0 Å². The lowest BCUT2D eigenvalue weighted by Gasteiger charge is -2.12. The van der Waals surface area contributed by atoms with Crippen LogP contribution in [0.2, 0.25) is 0 Å². The van der Waals surface area contributed by atoms with Crippen molar-refractivity contribution in [2.24, 2.45) is 5.73 Å². The van der Waals surface area contributed by atoms with Gasteiger partial charge in [-0.25, -0.2) is 4.79 Å². The molecule has 1 atom stereocenters. The molecule has 6 heteroatoms. The minimum atomic E-state index is -0.293.